The molecule has 1 saturated heterocycles. The fourth-order valence-electron chi connectivity index (χ4n) is 2.21. The molecule has 0 radical (unpaired) electrons. The van der Waals surface area contributed by atoms with Crippen molar-refractivity contribution in [2.45, 2.75) is 26.3 Å². The minimum atomic E-state index is 0. The lowest BCUT2D eigenvalue weighted by molar-refractivity contribution is -0.132. The van der Waals surface area contributed by atoms with E-state index in [4.69, 9.17) is 10.5 Å². The third kappa shape index (κ3) is 4.11. The Hall–Kier alpha value is -1.26. The Balaban J connectivity index is 0.00000180. The molecule has 1 fully saturated rings. The molecular weight excluding hydrogens is 264 g/mol. The van der Waals surface area contributed by atoms with Crippen molar-refractivity contribution in [3.05, 3.63) is 29.3 Å². The first-order valence-corrected chi connectivity index (χ1v) is 6.29. The van der Waals surface area contributed by atoms with Crippen LogP contribution < -0.4 is 10.5 Å². The van der Waals surface area contributed by atoms with Gasteiger partial charge in [-0.3, -0.25) is 4.79 Å². The molecule has 19 heavy (non-hydrogen) atoms. The highest BCUT2D eigenvalue weighted by Gasteiger charge is 2.23. The van der Waals surface area contributed by atoms with Crippen LogP contribution in [0.2, 0.25) is 0 Å². The van der Waals surface area contributed by atoms with Crippen molar-refractivity contribution in [3.8, 4) is 5.75 Å². The predicted molar refractivity (Wildman–Crippen MR) is 77.8 cm³/mol. The highest BCUT2D eigenvalue weighted by atomic mass is 35.5. The van der Waals surface area contributed by atoms with Gasteiger partial charge in [-0.2, -0.15) is 0 Å². The molecule has 0 aliphatic carbocycles. The number of aryl methyl sites for hydroxylation is 2. The highest BCUT2D eigenvalue weighted by Crippen LogP contribution is 2.19. The van der Waals surface area contributed by atoms with Gasteiger partial charge in [0.15, 0.2) is 6.61 Å². The zero-order valence-corrected chi connectivity index (χ0v) is 12.2. The maximum atomic E-state index is 11.9. The van der Waals surface area contributed by atoms with Gasteiger partial charge in [0.2, 0.25) is 0 Å². The first-order chi connectivity index (χ1) is 8.56. The largest absolute Gasteiger partial charge is 0.484 e. The Morgan fingerprint density at radius 2 is 2.21 bits per heavy atom. The third-order valence-corrected chi connectivity index (χ3v) is 3.26. The van der Waals surface area contributed by atoms with E-state index in [1.54, 1.807) is 4.90 Å². The maximum Gasteiger partial charge on any atom is 0.260 e. The zero-order valence-electron chi connectivity index (χ0n) is 11.4. The summed E-state index contributed by atoms with van der Waals surface area (Å²) in [5.41, 5.74) is 8.02. The lowest BCUT2D eigenvalue weighted by Gasteiger charge is -2.16. The van der Waals surface area contributed by atoms with E-state index in [0.717, 1.165) is 24.3 Å². The van der Waals surface area contributed by atoms with Crippen LogP contribution in [0, 0.1) is 13.8 Å². The van der Waals surface area contributed by atoms with E-state index in [9.17, 15) is 4.79 Å². The Morgan fingerprint density at radius 3 is 2.79 bits per heavy atom. The molecule has 1 unspecified atom stereocenters. The molecule has 5 heteroatoms. The maximum absolute atomic E-state index is 11.9. The number of hydrogen-bond acceptors (Lipinski definition) is 3. The monoisotopic (exact) mass is 284 g/mol. The Kier molecular flexibility index (Phi) is 5.63. The molecule has 4 nitrogen and oxygen atoms in total. The predicted octanol–water partition coefficient (Wildman–Crippen LogP) is 1.66. The van der Waals surface area contributed by atoms with Crippen molar-refractivity contribution in [3.63, 3.8) is 0 Å². The molecule has 2 rings (SSSR count). The van der Waals surface area contributed by atoms with E-state index >= 15 is 0 Å². The topological polar surface area (TPSA) is 55.6 Å². The molecule has 1 aliphatic rings. The van der Waals surface area contributed by atoms with Crippen molar-refractivity contribution in [2.75, 3.05) is 19.7 Å². The Morgan fingerprint density at radius 1 is 1.47 bits per heavy atom. The van der Waals surface area contributed by atoms with Gasteiger partial charge in [-0.05, 0) is 31.9 Å². The number of halogens is 1. The second-order valence-corrected chi connectivity index (χ2v) is 4.95. The molecule has 1 aromatic carbocycles. The number of rotatable bonds is 3. The van der Waals surface area contributed by atoms with E-state index in [2.05, 4.69) is 0 Å². The highest BCUT2D eigenvalue weighted by molar-refractivity contribution is 5.85. The number of ether oxygens (including phenoxy) is 1. The van der Waals surface area contributed by atoms with E-state index < -0.39 is 0 Å². The van der Waals surface area contributed by atoms with E-state index in [1.807, 2.05) is 32.0 Å². The SMILES string of the molecule is Cc1ccc(OCC(=O)N2CCC(N)C2)c(C)c1.Cl. The summed E-state index contributed by atoms with van der Waals surface area (Å²) in [6.45, 7) is 5.51. The number of hydrogen-bond donors (Lipinski definition) is 1. The van der Waals surface area contributed by atoms with Crippen molar-refractivity contribution < 1.29 is 9.53 Å². The fraction of sp³-hybridized carbons (Fsp3) is 0.500. The summed E-state index contributed by atoms with van der Waals surface area (Å²) in [6.07, 6.45) is 0.884. The van der Waals surface area contributed by atoms with Gasteiger partial charge in [-0.1, -0.05) is 17.7 Å². The molecule has 0 saturated carbocycles. The average Bonchev–Trinajstić information content (AvgIpc) is 2.74. The van der Waals surface area contributed by atoms with Gasteiger partial charge >= 0.3 is 0 Å². The van der Waals surface area contributed by atoms with E-state index in [-0.39, 0.29) is 31.0 Å². The molecule has 1 aromatic rings. The van der Waals surface area contributed by atoms with Gasteiger partial charge in [0.05, 0.1) is 0 Å². The molecule has 1 aliphatic heterocycles. The minimum absolute atomic E-state index is 0. The van der Waals surface area contributed by atoms with Gasteiger partial charge in [0, 0.05) is 19.1 Å². The van der Waals surface area contributed by atoms with E-state index in [1.165, 1.54) is 5.56 Å². The second-order valence-electron chi connectivity index (χ2n) is 4.95. The van der Waals surface area contributed by atoms with Crippen molar-refractivity contribution in [2.24, 2.45) is 5.73 Å². The molecule has 1 heterocycles. The summed E-state index contributed by atoms with van der Waals surface area (Å²) in [7, 11) is 0. The Bertz CT molecular complexity index is 451. The minimum Gasteiger partial charge on any atom is -0.484 e. The van der Waals surface area contributed by atoms with Gasteiger partial charge in [0.25, 0.3) is 5.91 Å². The van der Waals surface area contributed by atoms with Crippen LogP contribution in [0.1, 0.15) is 17.5 Å². The quantitative estimate of drug-likeness (QED) is 0.918. The van der Waals surface area contributed by atoms with Gasteiger partial charge in [-0.25, -0.2) is 0 Å². The molecule has 1 amide bonds. The molecule has 0 aromatic heterocycles. The van der Waals surface area contributed by atoms with Crippen LogP contribution in [0.25, 0.3) is 0 Å². The van der Waals surface area contributed by atoms with Crippen LogP contribution in [0.5, 0.6) is 5.75 Å². The molecule has 106 valence electrons. The summed E-state index contributed by atoms with van der Waals surface area (Å²) in [4.78, 5) is 13.7. The lowest BCUT2D eigenvalue weighted by Crippen LogP contribution is -2.35. The summed E-state index contributed by atoms with van der Waals surface area (Å²) >= 11 is 0. The zero-order chi connectivity index (χ0) is 13.1. The lowest BCUT2D eigenvalue weighted by atomic mass is 10.1. The van der Waals surface area contributed by atoms with Crippen molar-refractivity contribution >= 4 is 18.3 Å². The summed E-state index contributed by atoms with van der Waals surface area (Å²) in [5.74, 6) is 0.792. The van der Waals surface area contributed by atoms with Crippen LogP contribution in [0.15, 0.2) is 18.2 Å². The number of nitrogens with zero attached hydrogens (tertiary/aromatic N) is 1. The van der Waals surface area contributed by atoms with Crippen molar-refractivity contribution in [1.82, 2.24) is 4.90 Å². The number of likely N-dealkylation sites (tertiary alicyclic amines) is 1. The summed E-state index contributed by atoms with van der Waals surface area (Å²) < 4.78 is 5.57. The number of amides is 1. The number of carbonyl (C=O) groups excluding carboxylic acids is 1. The Labute approximate surface area is 120 Å². The molecule has 0 bridgehead atoms. The molecule has 1 atom stereocenters. The average molecular weight is 285 g/mol. The van der Waals surface area contributed by atoms with Crippen LogP contribution in [-0.2, 0) is 4.79 Å². The van der Waals surface area contributed by atoms with Gasteiger partial charge in [0.1, 0.15) is 5.75 Å². The third-order valence-electron chi connectivity index (χ3n) is 3.26. The normalized spacial score (nSPS) is 18.1. The first-order valence-electron chi connectivity index (χ1n) is 6.29. The van der Waals surface area contributed by atoms with Gasteiger partial charge < -0.3 is 15.4 Å². The van der Waals surface area contributed by atoms with Crippen molar-refractivity contribution in [1.29, 1.82) is 0 Å². The fourth-order valence-corrected chi connectivity index (χ4v) is 2.21. The molecule has 2 N–H and O–H groups in total. The van der Waals surface area contributed by atoms with E-state index in [0.29, 0.717) is 6.54 Å². The van der Waals surface area contributed by atoms with Crippen LogP contribution in [0.3, 0.4) is 0 Å². The summed E-state index contributed by atoms with van der Waals surface area (Å²) in [5, 5.41) is 0. The molecular formula is C14H21ClN2O2. The van der Waals surface area contributed by atoms with Crippen LogP contribution in [0.4, 0.5) is 0 Å². The van der Waals surface area contributed by atoms with Crippen LogP contribution >= 0.6 is 12.4 Å². The number of nitrogens with two attached hydrogens (primary N) is 1. The second kappa shape index (κ2) is 6.78. The number of carbonyl (C=O) groups is 1. The number of benzene rings is 1. The first kappa shape index (κ1) is 15.8. The summed E-state index contributed by atoms with van der Waals surface area (Å²) in [6, 6.07) is 6.06. The van der Waals surface area contributed by atoms with Gasteiger partial charge in [-0.15, -0.1) is 12.4 Å². The molecule has 0 spiro atoms. The smallest absolute Gasteiger partial charge is 0.260 e. The standard InChI is InChI=1S/C14H20N2O2.ClH/c1-10-3-4-13(11(2)7-10)18-9-14(17)16-6-5-12(15)8-16;/h3-4,7,12H,5-6,8-9,15H2,1-2H3;1H. The van der Waals surface area contributed by atoms with Crippen LogP contribution in [-0.4, -0.2) is 36.5 Å².